The van der Waals surface area contributed by atoms with E-state index in [9.17, 15) is 0 Å². The molecule has 0 unspecified atom stereocenters. The SMILES string of the molecule is COc1cccc(Nc2cc(Br)cc(C#N)c2)c1. The number of anilines is 2. The van der Waals surface area contributed by atoms with Gasteiger partial charge in [-0.2, -0.15) is 5.26 Å². The third-order valence-corrected chi connectivity index (χ3v) is 2.84. The molecule has 1 N–H and O–H groups in total. The van der Waals surface area contributed by atoms with E-state index in [4.69, 9.17) is 10.00 Å². The van der Waals surface area contributed by atoms with Gasteiger partial charge in [0.05, 0.1) is 18.7 Å². The summed E-state index contributed by atoms with van der Waals surface area (Å²) in [4.78, 5) is 0. The third-order valence-electron chi connectivity index (χ3n) is 2.39. The molecule has 0 aromatic heterocycles. The minimum Gasteiger partial charge on any atom is -0.497 e. The van der Waals surface area contributed by atoms with Crippen LogP contribution in [0.1, 0.15) is 5.56 Å². The van der Waals surface area contributed by atoms with Gasteiger partial charge in [0.25, 0.3) is 0 Å². The van der Waals surface area contributed by atoms with Gasteiger partial charge in [0.2, 0.25) is 0 Å². The number of methoxy groups -OCH3 is 1. The van der Waals surface area contributed by atoms with Gasteiger partial charge in [-0.05, 0) is 30.3 Å². The van der Waals surface area contributed by atoms with Crippen LogP contribution in [0.5, 0.6) is 5.75 Å². The summed E-state index contributed by atoms with van der Waals surface area (Å²) in [6, 6.07) is 15.2. The van der Waals surface area contributed by atoms with Gasteiger partial charge in [0.15, 0.2) is 0 Å². The maximum atomic E-state index is 8.92. The number of ether oxygens (including phenoxy) is 1. The molecule has 90 valence electrons. The molecule has 0 fully saturated rings. The molecule has 0 bridgehead atoms. The number of benzene rings is 2. The first-order valence-electron chi connectivity index (χ1n) is 5.33. The first kappa shape index (κ1) is 12.5. The first-order valence-corrected chi connectivity index (χ1v) is 6.12. The van der Waals surface area contributed by atoms with Crippen LogP contribution in [0, 0.1) is 11.3 Å². The molecule has 0 aliphatic heterocycles. The number of nitrogens with zero attached hydrogens (tertiary/aromatic N) is 1. The summed E-state index contributed by atoms with van der Waals surface area (Å²) in [5, 5.41) is 12.1. The molecule has 2 aromatic rings. The summed E-state index contributed by atoms with van der Waals surface area (Å²) in [5.74, 6) is 0.788. The number of nitrogens with one attached hydrogen (secondary N) is 1. The van der Waals surface area contributed by atoms with E-state index >= 15 is 0 Å². The van der Waals surface area contributed by atoms with Crippen molar-refractivity contribution in [1.82, 2.24) is 0 Å². The molecule has 0 radical (unpaired) electrons. The van der Waals surface area contributed by atoms with Crippen molar-refractivity contribution in [2.45, 2.75) is 0 Å². The number of hydrogen-bond acceptors (Lipinski definition) is 3. The van der Waals surface area contributed by atoms with E-state index in [2.05, 4.69) is 27.3 Å². The highest BCUT2D eigenvalue weighted by Gasteiger charge is 2.00. The molecule has 2 aromatic carbocycles. The standard InChI is InChI=1S/C14H11BrN2O/c1-18-14-4-2-3-12(8-14)17-13-6-10(9-16)5-11(15)7-13/h2-8,17H,1H3. The normalized spacial score (nSPS) is 9.61. The molecule has 3 nitrogen and oxygen atoms in total. The third kappa shape index (κ3) is 3.02. The topological polar surface area (TPSA) is 45.0 Å². The number of rotatable bonds is 3. The van der Waals surface area contributed by atoms with Crippen LogP contribution in [0.2, 0.25) is 0 Å². The summed E-state index contributed by atoms with van der Waals surface area (Å²) in [5.41, 5.74) is 2.38. The van der Waals surface area contributed by atoms with E-state index in [-0.39, 0.29) is 0 Å². The van der Waals surface area contributed by atoms with Gasteiger partial charge < -0.3 is 10.1 Å². The Morgan fingerprint density at radius 1 is 1.17 bits per heavy atom. The van der Waals surface area contributed by atoms with Crippen molar-refractivity contribution in [2.75, 3.05) is 12.4 Å². The van der Waals surface area contributed by atoms with Crippen molar-refractivity contribution < 1.29 is 4.74 Å². The van der Waals surface area contributed by atoms with E-state index in [1.807, 2.05) is 30.3 Å². The predicted molar refractivity (Wildman–Crippen MR) is 75.1 cm³/mol. The Hall–Kier alpha value is -1.99. The van der Waals surface area contributed by atoms with Crippen molar-refractivity contribution in [1.29, 1.82) is 5.26 Å². The van der Waals surface area contributed by atoms with Crippen LogP contribution in [-0.4, -0.2) is 7.11 Å². The summed E-state index contributed by atoms with van der Waals surface area (Å²) < 4.78 is 6.03. The second-order valence-electron chi connectivity index (χ2n) is 3.70. The van der Waals surface area contributed by atoms with Crippen molar-refractivity contribution in [3.8, 4) is 11.8 Å². The lowest BCUT2D eigenvalue weighted by atomic mass is 10.2. The molecule has 0 atom stereocenters. The van der Waals surface area contributed by atoms with Gasteiger partial charge >= 0.3 is 0 Å². The Balaban J connectivity index is 2.28. The minimum absolute atomic E-state index is 0.606. The number of nitriles is 1. The van der Waals surface area contributed by atoms with Crippen LogP contribution >= 0.6 is 15.9 Å². The fourth-order valence-corrected chi connectivity index (χ4v) is 2.09. The van der Waals surface area contributed by atoms with Gasteiger partial charge in [0.1, 0.15) is 5.75 Å². The van der Waals surface area contributed by atoms with Crippen LogP contribution in [0.4, 0.5) is 11.4 Å². The minimum atomic E-state index is 0.606. The van der Waals surface area contributed by atoms with E-state index in [1.54, 1.807) is 19.2 Å². The smallest absolute Gasteiger partial charge is 0.120 e. The van der Waals surface area contributed by atoms with Crippen LogP contribution in [0.3, 0.4) is 0 Å². The highest BCUT2D eigenvalue weighted by molar-refractivity contribution is 9.10. The monoisotopic (exact) mass is 302 g/mol. The molecular formula is C14H11BrN2O. The molecule has 0 aliphatic carbocycles. The summed E-state index contributed by atoms with van der Waals surface area (Å²) in [6.45, 7) is 0. The average Bonchev–Trinajstić information content (AvgIpc) is 2.38. The van der Waals surface area contributed by atoms with Gasteiger partial charge in [-0.15, -0.1) is 0 Å². The number of halogens is 1. The Morgan fingerprint density at radius 2 is 2.00 bits per heavy atom. The van der Waals surface area contributed by atoms with Crippen LogP contribution < -0.4 is 10.1 Å². The predicted octanol–water partition coefficient (Wildman–Crippen LogP) is 4.07. The van der Waals surface area contributed by atoms with Gasteiger partial charge in [-0.25, -0.2) is 0 Å². The largest absolute Gasteiger partial charge is 0.497 e. The molecule has 0 amide bonds. The van der Waals surface area contributed by atoms with E-state index < -0.39 is 0 Å². The van der Waals surface area contributed by atoms with Crippen molar-refractivity contribution in [3.63, 3.8) is 0 Å². The molecule has 0 saturated carbocycles. The Kier molecular flexibility index (Phi) is 3.85. The van der Waals surface area contributed by atoms with Gasteiger partial charge in [-0.1, -0.05) is 22.0 Å². The second-order valence-corrected chi connectivity index (χ2v) is 4.61. The zero-order chi connectivity index (χ0) is 13.0. The van der Waals surface area contributed by atoms with E-state index in [1.165, 1.54) is 0 Å². The molecule has 0 heterocycles. The summed E-state index contributed by atoms with van der Waals surface area (Å²) in [6.07, 6.45) is 0. The lowest BCUT2D eigenvalue weighted by Gasteiger charge is -2.08. The van der Waals surface area contributed by atoms with Gasteiger partial charge in [-0.3, -0.25) is 0 Å². The lowest BCUT2D eigenvalue weighted by molar-refractivity contribution is 0.415. The van der Waals surface area contributed by atoms with Crippen LogP contribution in [-0.2, 0) is 0 Å². The lowest BCUT2D eigenvalue weighted by Crippen LogP contribution is -1.92. The average molecular weight is 303 g/mol. The summed E-state index contributed by atoms with van der Waals surface area (Å²) >= 11 is 3.38. The van der Waals surface area contributed by atoms with Crippen molar-refractivity contribution in [2.24, 2.45) is 0 Å². The first-order chi connectivity index (χ1) is 8.71. The maximum Gasteiger partial charge on any atom is 0.120 e. The molecule has 0 aliphatic rings. The Labute approximate surface area is 114 Å². The highest BCUT2D eigenvalue weighted by atomic mass is 79.9. The number of hydrogen-bond donors (Lipinski definition) is 1. The maximum absolute atomic E-state index is 8.92. The fourth-order valence-electron chi connectivity index (χ4n) is 1.59. The zero-order valence-electron chi connectivity index (χ0n) is 9.77. The molecule has 2 rings (SSSR count). The Morgan fingerprint density at radius 3 is 2.72 bits per heavy atom. The van der Waals surface area contributed by atoms with Crippen molar-refractivity contribution in [3.05, 3.63) is 52.5 Å². The molecule has 4 heteroatoms. The molecular weight excluding hydrogens is 292 g/mol. The fraction of sp³-hybridized carbons (Fsp3) is 0.0714. The molecule has 18 heavy (non-hydrogen) atoms. The summed E-state index contributed by atoms with van der Waals surface area (Å²) in [7, 11) is 1.63. The quantitative estimate of drug-likeness (QED) is 0.929. The van der Waals surface area contributed by atoms with Gasteiger partial charge in [0, 0.05) is 21.9 Å². The van der Waals surface area contributed by atoms with E-state index in [0.717, 1.165) is 21.6 Å². The highest BCUT2D eigenvalue weighted by Crippen LogP contribution is 2.24. The molecule has 0 spiro atoms. The van der Waals surface area contributed by atoms with E-state index in [0.29, 0.717) is 5.56 Å². The van der Waals surface area contributed by atoms with Crippen LogP contribution in [0.25, 0.3) is 0 Å². The zero-order valence-corrected chi connectivity index (χ0v) is 11.4. The van der Waals surface area contributed by atoms with Crippen LogP contribution in [0.15, 0.2) is 46.9 Å². The molecule has 0 saturated heterocycles. The Bertz CT molecular complexity index is 605. The van der Waals surface area contributed by atoms with Crippen molar-refractivity contribution >= 4 is 27.3 Å². The second kappa shape index (κ2) is 5.56.